The second-order valence-electron chi connectivity index (χ2n) is 4.14. The molecule has 0 radical (unpaired) electrons. The molecule has 0 N–H and O–H groups in total. The summed E-state index contributed by atoms with van der Waals surface area (Å²) in [7, 11) is -0.611. The molecule has 0 aliphatic rings. The fraction of sp³-hybridized carbons (Fsp3) is 0.167. The summed E-state index contributed by atoms with van der Waals surface area (Å²) in [5.74, 6) is -16.3. The minimum absolute atomic E-state index is 0.611. The third-order valence-corrected chi connectivity index (χ3v) is 4.48. The van der Waals surface area contributed by atoms with E-state index >= 15 is 0 Å². The van der Waals surface area contributed by atoms with E-state index < -0.39 is 81.7 Å². The summed E-state index contributed by atoms with van der Waals surface area (Å²) in [5, 5.41) is 0. The molecule has 0 aliphatic carbocycles. The van der Waals surface area contributed by atoms with E-state index in [0.717, 1.165) is 0 Å². The van der Waals surface area contributed by atoms with Gasteiger partial charge in [-0.1, -0.05) is 0 Å². The van der Waals surface area contributed by atoms with Crippen LogP contribution < -0.4 is 8.92 Å². The Balaban J connectivity index is 0.000000705. The molecule has 138 valence electrons. The molecule has 2 aromatic heterocycles. The molecule has 0 atom stereocenters. The van der Waals surface area contributed by atoms with Gasteiger partial charge in [-0.2, -0.15) is 0 Å². The third kappa shape index (κ3) is 5.19. The van der Waals surface area contributed by atoms with E-state index in [4.69, 9.17) is 0 Å². The molecule has 25 heavy (non-hydrogen) atoms. The van der Waals surface area contributed by atoms with Crippen molar-refractivity contribution in [3.05, 3.63) is 47.1 Å². The van der Waals surface area contributed by atoms with Gasteiger partial charge in [-0.05, 0) is 0 Å². The summed E-state index contributed by atoms with van der Waals surface area (Å²) in [6.45, 7) is 0. The second-order valence-corrected chi connectivity index (χ2v) is 7.77. The van der Waals surface area contributed by atoms with Gasteiger partial charge in [0.15, 0.2) is 0 Å². The van der Waals surface area contributed by atoms with Gasteiger partial charge in [0.2, 0.25) is 0 Å². The van der Waals surface area contributed by atoms with Crippen LogP contribution in [0.25, 0.3) is 0 Å². The number of halogens is 8. The summed E-state index contributed by atoms with van der Waals surface area (Å²) in [6, 6.07) is 0. The van der Waals surface area contributed by atoms with Gasteiger partial charge in [0.25, 0.3) is 0 Å². The summed E-state index contributed by atoms with van der Waals surface area (Å²) in [4.78, 5) is 4.47. The summed E-state index contributed by atoms with van der Waals surface area (Å²) >= 11 is -2.16. The molecule has 2 aromatic rings. The molecule has 0 fully saturated rings. The van der Waals surface area contributed by atoms with Crippen molar-refractivity contribution in [3.63, 3.8) is 0 Å². The first-order chi connectivity index (χ1) is 11.5. The Bertz CT molecular complexity index is 718. The van der Waals surface area contributed by atoms with Crippen LogP contribution in [0, 0.1) is 47.1 Å². The van der Waals surface area contributed by atoms with Crippen LogP contribution in [0.1, 0.15) is 0 Å². The van der Waals surface area contributed by atoms with Crippen LogP contribution in [0.5, 0.6) is 0 Å². The number of rotatable bonds is 2. The zero-order valence-corrected chi connectivity index (χ0v) is 14.7. The van der Waals surface area contributed by atoms with Crippen LogP contribution in [-0.4, -0.2) is 41.6 Å². The first kappa shape index (κ1) is 21.5. The normalized spacial score (nSPS) is 10.7. The van der Waals surface area contributed by atoms with Crippen molar-refractivity contribution >= 4 is 34.7 Å². The van der Waals surface area contributed by atoms with Gasteiger partial charge in [0.05, 0.1) is 0 Å². The fourth-order valence-corrected chi connectivity index (χ4v) is 3.10. The molecule has 0 saturated carbocycles. The molecule has 3 nitrogen and oxygen atoms in total. The van der Waals surface area contributed by atoms with Gasteiger partial charge < -0.3 is 0 Å². The minimum atomic E-state index is -2.16. The molecular weight excluding hydrogens is 451 g/mol. The van der Waals surface area contributed by atoms with Gasteiger partial charge in [-0.25, -0.2) is 0 Å². The first-order valence-corrected chi connectivity index (χ1v) is 9.48. The van der Waals surface area contributed by atoms with Crippen molar-refractivity contribution in [2.24, 2.45) is 0 Å². The van der Waals surface area contributed by atoms with Crippen molar-refractivity contribution in [3.8, 4) is 0 Å². The summed E-state index contributed by atoms with van der Waals surface area (Å²) in [5.41, 5.74) is 0. The van der Waals surface area contributed by atoms with E-state index in [0.29, 0.717) is 0 Å². The predicted octanol–water partition coefficient (Wildman–Crippen LogP) is 1.24. The monoisotopic (exact) mass is 458 g/mol. The van der Waals surface area contributed by atoms with E-state index in [1.54, 1.807) is 12.5 Å². The number of nitrogens with zero attached hydrogens (tertiary/aromatic N) is 2. The second kappa shape index (κ2) is 8.68. The topological polar surface area (TPSA) is 42.9 Å². The van der Waals surface area contributed by atoms with Crippen LogP contribution in [0.2, 0.25) is 0 Å². The summed E-state index contributed by atoms with van der Waals surface area (Å²) in [6.07, 6.45) is 3.28. The molecule has 0 unspecified atom stereocenters. The van der Waals surface area contributed by atoms with Crippen LogP contribution >= 0.6 is 0 Å². The molecule has 0 aromatic carbocycles. The third-order valence-electron chi connectivity index (χ3n) is 2.12. The van der Waals surface area contributed by atoms with Crippen molar-refractivity contribution in [1.29, 1.82) is 0 Å². The van der Waals surface area contributed by atoms with Gasteiger partial charge in [-0.15, -0.1) is 0 Å². The first-order valence-electron chi connectivity index (χ1n) is 5.80. The van der Waals surface area contributed by atoms with Crippen molar-refractivity contribution in [1.82, 2.24) is 9.97 Å². The van der Waals surface area contributed by atoms with Crippen LogP contribution in [0.4, 0.5) is 35.1 Å². The molecule has 2 heterocycles. The molecular formula is C12H6F8N2OSSe. The molecule has 0 saturated heterocycles. The van der Waals surface area contributed by atoms with Crippen LogP contribution in [0.15, 0.2) is 0 Å². The zero-order valence-electron chi connectivity index (χ0n) is 12.1. The van der Waals surface area contributed by atoms with E-state index in [9.17, 15) is 39.3 Å². The maximum absolute atomic E-state index is 13.3. The van der Waals surface area contributed by atoms with Gasteiger partial charge in [-0.3, -0.25) is 4.21 Å². The zero-order chi connectivity index (χ0) is 19.5. The van der Waals surface area contributed by atoms with Crippen molar-refractivity contribution < 1.29 is 39.3 Å². The quantitative estimate of drug-likeness (QED) is 0.388. The molecule has 0 bridgehead atoms. The molecule has 0 amide bonds. The van der Waals surface area contributed by atoms with Crippen LogP contribution in [-0.2, 0) is 10.8 Å². The molecule has 2 rings (SSSR count). The van der Waals surface area contributed by atoms with E-state index in [1.807, 2.05) is 0 Å². The molecule has 0 aliphatic heterocycles. The average Bonchev–Trinajstić information content (AvgIpc) is 2.50. The number of hydrogen-bond donors (Lipinski definition) is 0. The Morgan fingerprint density at radius 3 is 1.04 bits per heavy atom. The maximum atomic E-state index is 13.3. The Morgan fingerprint density at radius 1 is 0.640 bits per heavy atom. The van der Waals surface area contributed by atoms with Gasteiger partial charge in [0, 0.05) is 23.3 Å². The van der Waals surface area contributed by atoms with E-state index in [1.165, 1.54) is 0 Å². The molecule has 13 heteroatoms. The number of aromatic nitrogens is 2. The average molecular weight is 457 g/mol. The Morgan fingerprint density at radius 2 is 0.840 bits per heavy atom. The number of pyridine rings is 2. The summed E-state index contributed by atoms with van der Waals surface area (Å²) < 4.78 is 111. The fourth-order valence-electron chi connectivity index (χ4n) is 1.22. The standard InChI is InChI=1S/C10F8N2Se.C2H6OS/c11-1-5(2(12)8(16)19-7(1)15)21-6-3(13)9(17)20-10(18)4(6)14;1-4(2)3/h;1-2H3. The Labute approximate surface area is 144 Å². The Kier molecular flexibility index (Phi) is 7.44. The Hall–Kier alpha value is -1.59. The van der Waals surface area contributed by atoms with Crippen LogP contribution in [0.3, 0.4) is 0 Å². The number of hydrogen-bond acceptors (Lipinski definition) is 3. The predicted molar refractivity (Wildman–Crippen MR) is 73.2 cm³/mol. The van der Waals surface area contributed by atoms with E-state index in [2.05, 4.69) is 9.97 Å². The van der Waals surface area contributed by atoms with E-state index in [-0.39, 0.29) is 0 Å². The van der Waals surface area contributed by atoms with Gasteiger partial charge in [0.1, 0.15) is 0 Å². The van der Waals surface area contributed by atoms with Crippen molar-refractivity contribution in [2.45, 2.75) is 0 Å². The van der Waals surface area contributed by atoms with Crippen molar-refractivity contribution in [2.75, 3.05) is 12.5 Å². The SMILES string of the molecule is CS(C)=O.Fc1nc(F)c(F)c([Se]c2c(F)c(F)nc(F)c2F)c1F. The van der Waals surface area contributed by atoms with Gasteiger partial charge >= 0.3 is 116 Å². The molecule has 0 spiro atoms.